The summed E-state index contributed by atoms with van der Waals surface area (Å²) in [4.78, 5) is 12.5. The van der Waals surface area contributed by atoms with Crippen molar-refractivity contribution in [3.8, 4) is 11.5 Å². The molecule has 0 bridgehead atoms. The molecule has 1 heterocycles. The Balaban J connectivity index is 1.49. The van der Waals surface area contributed by atoms with Crippen LogP contribution in [0.3, 0.4) is 0 Å². The zero-order valence-electron chi connectivity index (χ0n) is 17.6. The van der Waals surface area contributed by atoms with E-state index >= 15 is 0 Å². The summed E-state index contributed by atoms with van der Waals surface area (Å²) >= 11 is 0. The number of amides is 1. The largest absolute Gasteiger partial charge is 0.493 e. The molecule has 160 valence electrons. The number of benzene rings is 4. The van der Waals surface area contributed by atoms with E-state index in [0.29, 0.717) is 24.5 Å². The first-order valence-corrected chi connectivity index (χ1v) is 10.5. The number of nitrogens with one attached hydrogen (secondary N) is 1. The van der Waals surface area contributed by atoms with Crippen molar-refractivity contribution in [3.05, 3.63) is 101 Å². The van der Waals surface area contributed by atoms with Crippen LogP contribution in [0, 0.1) is 5.82 Å². The summed E-state index contributed by atoms with van der Waals surface area (Å²) in [5, 5.41) is 5.28. The van der Waals surface area contributed by atoms with Crippen LogP contribution in [0.1, 0.15) is 29.0 Å². The summed E-state index contributed by atoms with van der Waals surface area (Å²) in [6.45, 7) is 0.301. The first-order valence-electron chi connectivity index (χ1n) is 10.5. The zero-order chi connectivity index (χ0) is 22.1. The van der Waals surface area contributed by atoms with Gasteiger partial charge in [-0.15, -0.1) is 0 Å². The van der Waals surface area contributed by atoms with Crippen molar-refractivity contribution in [2.45, 2.75) is 18.9 Å². The molecule has 5 rings (SSSR count). The van der Waals surface area contributed by atoms with Crippen LogP contribution in [0.5, 0.6) is 11.5 Å². The Hall–Kier alpha value is -3.86. The molecule has 0 saturated carbocycles. The monoisotopic (exact) mass is 427 g/mol. The smallest absolute Gasteiger partial charge is 0.225 e. The van der Waals surface area contributed by atoms with E-state index < -0.39 is 0 Å². The molecule has 0 aliphatic carbocycles. The van der Waals surface area contributed by atoms with Crippen LogP contribution in [0.2, 0.25) is 0 Å². The molecule has 0 saturated heterocycles. The molecule has 1 aliphatic rings. The Bertz CT molecular complexity index is 1300. The molecule has 0 aromatic heterocycles. The lowest BCUT2D eigenvalue weighted by atomic mass is 9.82. The highest BCUT2D eigenvalue weighted by molar-refractivity contribution is 6.01. The maximum Gasteiger partial charge on any atom is 0.225 e. The summed E-state index contributed by atoms with van der Waals surface area (Å²) in [6, 6.07) is 24.2. The SMILES string of the molecule is COc1cc(C2CC(=O)Nc3ccc4ccccc4c32)ccc1OCc1ccc(F)cc1. The quantitative estimate of drug-likeness (QED) is 0.422. The molecule has 0 radical (unpaired) electrons. The minimum Gasteiger partial charge on any atom is -0.493 e. The predicted molar refractivity (Wildman–Crippen MR) is 123 cm³/mol. The van der Waals surface area contributed by atoms with E-state index in [1.165, 1.54) is 12.1 Å². The van der Waals surface area contributed by atoms with Crippen molar-refractivity contribution in [3.63, 3.8) is 0 Å². The van der Waals surface area contributed by atoms with Gasteiger partial charge < -0.3 is 14.8 Å². The van der Waals surface area contributed by atoms with Crippen molar-refractivity contribution in [2.75, 3.05) is 12.4 Å². The normalized spacial score (nSPS) is 15.2. The number of carbonyl (C=O) groups excluding carboxylic acids is 1. The van der Waals surface area contributed by atoms with E-state index in [2.05, 4.69) is 17.4 Å². The van der Waals surface area contributed by atoms with Crippen LogP contribution in [0.4, 0.5) is 10.1 Å². The fraction of sp³-hybridized carbons (Fsp3) is 0.148. The number of ether oxygens (including phenoxy) is 2. The molecule has 1 N–H and O–H groups in total. The van der Waals surface area contributed by atoms with Gasteiger partial charge in [-0.05, 0) is 57.8 Å². The molecule has 4 aromatic carbocycles. The molecule has 1 amide bonds. The van der Waals surface area contributed by atoms with Crippen molar-refractivity contribution >= 4 is 22.4 Å². The Kier molecular flexibility index (Phi) is 5.23. The summed E-state index contributed by atoms with van der Waals surface area (Å²) in [6.07, 6.45) is 0.361. The van der Waals surface area contributed by atoms with E-state index in [4.69, 9.17) is 9.47 Å². The summed E-state index contributed by atoms with van der Waals surface area (Å²) < 4.78 is 24.7. The lowest BCUT2D eigenvalue weighted by molar-refractivity contribution is -0.116. The highest BCUT2D eigenvalue weighted by Gasteiger charge is 2.29. The van der Waals surface area contributed by atoms with Gasteiger partial charge in [-0.1, -0.05) is 48.5 Å². The molecule has 1 aliphatic heterocycles. The van der Waals surface area contributed by atoms with Gasteiger partial charge in [0.25, 0.3) is 0 Å². The van der Waals surface area contributed by atoms with Crippen LogP contribution < -0.4 is 14.8 Å². The van der Waals surface area contributed by atoms with Gasteiger partial charge in [-0.25, -0.2) is 4.39 Å². The molecule has 0 spiro atoms. The third-order valence-corrected chi connectivity index (χ3v) is 5.88. The third kappa shape index (κ3) is 3.78. The number of anilines is 1. The Morgan fingerprint density at radius 2 is 1.78 bits per heavy atom. The molecule has 0 fully saturated rings. The Labute approximate surface area is 185 Å². The Morgan fingerprint density at radius 1 is 0.969 bits per heavy atom. The summed E-state index contributed by atoms with van der Waals surface area (Å²) in [7, 11) is 1.60. The van der Waals surface area contributed by atoms with Gasteiger partial charge in [-0.2, -0.15) is 0 Å². The molecular formula is C27H22FNO3. The second-order valence-corrected chi connectivity index (χ2v) is 7.88. The zero-order valence-corrected chi connectivity index (χ0v) is 17.6. The highest BCUT2D eigenvalue weighted by atomic mass is 19.1. The van der Waals surface area contributed by atoms with Gasteiger partial charge in [-0.3, -0.25) is 4.79 Å². The van der Waals surface area contributed by atoms with Crippen molar-refractivity contribution < 1.29 is 18.7 Å². The van der Waals surface area contributed by atoms with Gasteiger partial charge in [0.05, 0.1) is 7.11 Å². The van der Waals surface area contributed by atoms with E-state index in [9.17, 15) is 9.18 Å². The van der Waals surface area contributed by atoms with Crippen LogP contribution >= 0.6 is 0 Å². The minimum absolute atomic E-state index is 0.00613. The van der Waals surface area contributed by atoms with Crippen LogP contribution in [-0.2, 0) is 11.4 Å². The van der Waals surface area contributed by atoms with Gasteiger partial charge in [0.15, 0.2) is 11.5 Å². The fourth-order valence-corrected chi connectivity index (χ4v) is 4.32. The number of hydrogen-bond donors (Lipinski definition) is 1. The molecule has 5 heteroatoms. The van der Waals surface area contributed by atoms with Gasteiger partial charge in [0.1, 0.15) is 12.4 Å². The van der Waals surface area contributed by atoms with Crippen molar-refractivity contribution in [2.24, 2.45) is 0 Å². The van der Waals surface area contributed by atoms with E-state index in [-0.39, 0.29) is 17.6 Å². The van der Waals surface area contributed by atoms with Crippen LogP contribution in [-0.4, -0.2) is 13.0 Å². The molecule has 4 aromatic rings. The maximum absolute atomic E-state index is 13.1. The van der Waals surface area contributed by atoms with Crippen molar-refractivity contribution in [1.29, 1.82) is 0 Å². The Morgan fingerprint density at radius 3 is 2.59 bits per heavy atom. The van der Waals surface area contributed by atoms with E-state index in [1.54, 1.807) is 19.2 Å². The molecule has 1 unspecified atom stereocenters. The number of hydrogen-bond acceptors (Lipinski definition) is 3. The third-order valence-electron chi connectivity index (χ3n) is 5.88. The lowest BCUT2D eigenvalue weighted by Gasteiger charge is -2.28. The fourth-order valence-electron chi connectivity index (χ4n) is 4.32. The topological polar surface area (TPSA) is 47.6 Å². The number of carbonyl (C=O) groups is 1. The first-order chi connectivity index (χ1) is 15.6. The van der Waals surface area contributed by atoms with Crippen molar-refractivity contribution in [1.82, 2.24) is 0 Å². The second-order valence-electron chi connectivity index (χ2n) is 7.88. The minimum atomic E-state index is -0.278. The van der Waals surface area contributed by atoms with Gasteiger partial charge in [0.2, 0.25) is 5.91 Å². The predicted octanol–water partition coefficient (Wildman–Crippen LogP) is 6.04. The average molecular weight is 427 g/mol. The average Bonchev–Trinajstić information content (AvgIpc) is 2.82. The standard InChI is InChI=1S/C27H22FNO3/c1-31-25-14-19(9-13-24(25)32-16-17-6-10-20(28)11-7-17)22-15-26(30)29-23-12-8-18-4-2-3-5-21(18)27(22)23/h2-14,22H,15-16H2,1H3,(H,29,30). The summed E-state index contributed by atoms with van der Waals surface area (Å²) in [5.41, 5.74) is 3.82. The van der Waals surface area contributed by atoms with Crippen LogP contribution in [0.15, 0.2) is 78.9 Å². The van der Waals surface area contributed by atoms with Gasteiger partial charge >= 0.3 is 0 Å². The maximum atomic E-state index is 13.1. The number of fused-ring (bicyclic) bond motifs is 3. The van der Waals surface area contributed by atoms with E-state index in [0.717, 1.165) is 33.2 Å². The number of halogens is 1. The number of methoxy groups -OCH3 is 1. The summed E-state index contributed by atoms with van der Waals surface area (Å²) in [5.74, 6) is 0.814. The molecule has 32 heavy (non-hydrogen) atoms. The first kappa shape index (κ1) is 20.1. The molecule has 1 atom stereocenters. The molecular weight excluding hydrogens is 405 g/mol. The lowest BCUT2D eigenvalue weighted by Crippen LogP contribution is -2.23. The number of rotatable bonds is 5. The van der Waals surface area contributed by atoms with Gasteiger partial charge in [0, 0.05) is 18.0 Å². The van der Waals surface area contributed by atoms with E-state index in [1.807, 2.05) is 42.5 Å². The second kappa shape index (κ2) is 8.35. The molecule has 4 nitrogen and oxygen atoms in total. The van der Waals surface area contributed by atoms with Crippen LogP contribution in [0.25, 0.3) is 10.8 Å². The highest BCUT2D eigenvalue weighted by Crippen LogP contribution is 2.43.